The minimum atomic E-state index is -0.300. The fourth-order valence-electron chi connectivity index (χ4n) is 4.82. The van der Waals surface area contributed by atoms with Crippen LogP contribution in [0.15, 0.2) is 24.4 Å². The second kappa shape index (κ2) is 13.0. The van der Waals surface area contributed by atoms with Crippen molar-refractivity contribution < 1.29 is 15.0 Å². The molecule has 2 fully saturated rings. The summed E-state index contributed by atoms with van der Waals surface area (Å²) in [6.45, 7) is 7.45. The lowest BCUT2D eigenvalue weighted by atomic mass is 9.98. The lowest BCUT2D eigenvalue weighted by Crippen LogP contribution is -2.48. The first kappa shape index (κ1) is 28.4. The van der Waals surface area contributed by atoms with Crippen molar-refractivity contribution in [1.29, 1.82) is 0 Å². The Bertz CT molecular complexity index is 1290. The molecule has 3 aromatic rings. The van der Waals surface area contributed by atoms with Crippen LogP contribution in [0.25, 0.3) is 0 Å². The van der Waals surface area contributed by atoms with Crippen LogP contribution in [0.4, 0.5) is 28.7 Å². The fourth-order valence-corrected chi connectivity index (χ4v) is 5.79. The van der Waals surface area contributed by atoms with Crippen LogP contribution in [-0.2, 0) is 0 Å². The van der Waals surface area contributed by atoms with Gasteiger partial charge in [-0.05, 0) is 37.3 Å². The first-order valence-corrected chi connectivity index (χ1v) is 14.6. The number of nitrogens with one attached hydrogen (secondary N) is 2. The Hall–Kier alpha value is -3.10. The number of hydrogen-bond acceptors (Lipinski definition) is 12. The Labute approximate surface area is 242 Å². The molecule has 0 radical (unpaired) electrons. The molecule has 2 aliphatic heterocycles. The third-order valence-electron chi connectivity index (χ3n) is 7.25. The zero-order valence-electron chi connectivity index (χ0n) is 22.4. The molecule has 0 bridgehead atoms. The molecule has 0 aliphatic carbocycles. The van der Waals surface area contributed by atoms with E-state index in [1.807, 2.05) is 19.1 Å². The van der Waals surface area contributed by atoms with Gasteiger partial charge in [0.15, 0.2) is 5.13 Å². The maximum atomic E-state index is 12.9. The van der Waals surface area contributed by atoms with E-state index in [9.17, 15) is 15.0 Å². The zero-order valence-corrected chi connectivity index (χ0v) is 24.0. The summed E-state index contributed by atoms with van der Waals surface area (Å²) in [6.07, 6.45) is 3.25. The number of piperazine rings is 1. The first-order valence-electron chi connectivity index (χ1n) is 13.4. The van der Waals surface area contributed by atoms with Crippen molar-refractivity contribution in [2.45, 2.75) is 19.8 Å². The normalized spacial score (nSPS) is 16.8. The predicted molar refractivity (Wildman–Crippen MR) is 157 cm³/mol. The highest BCUT2D eigenvalue weighted by atomic mass is 35.5. The van der Waals surface area contributed by atoms with E-state index in [0.717, 1.165) is 57.7 Å². The average Bonchev–Trinajstić information content (AvgIpc) is 3.44. The molecule has 5 rings (SSSR count). The van der Waals surface area contributed by atoms with Crippen LogP contribution >= 0.6 is 22.9 Å². The Morgan fingerprint density at radius 2 is 1.75 bits per heavy atom. The molecule has 2 aromatic heterocycles. The van der Waals surface area contributed by atoms with Crippen molar-refractivity contribution in [2.24, 2.45) is 5.92 Å². The summed E-state index contributed by atoms with van der Waals surface area (Å²) < 4.78 is 0. The third-order valence-corrected chi connectivity index (χ3v) is 8.47. The van der Waals surface area contributed by atoms with Crippen molar-refractivity contribution in [3.63, 3.8) is 0 Å². The molecule has 0 saturated carbocycles. The van der Waals surface area contributed by atoms with E-state index in [2.05, 4.69) is 30.3 Å². The number of rotatable bonds is 9. The van der Waals surface area contributed by atoms with Gasteiger partial charge >= 0.3 is 0 Å². The van der Waals surface area contributed by atoms with E-state index in [0.29, 0.717) is 51.0 Å². The first-order chi connectivity index (χ1) is 19.4. The Morgan fingerprint density at radius 3 is 2.40 bits per heavy atom. The summed E-state index contributed by atoms with van der Waals surface area (Å²) in [5.74, 6) is 1.50. The highest BCUT2D eigenvalue weighted by molar-refractivity contribution is 7.17. The van der Waals surface area contributed by atoms with Gasteiger partial charge in [0.25, 0.3) is 5.91 Å². The van der Waals surface area contributed by atoms with Gasteiger partial charge < -0.3 is 25.3 Å². The second-order valence-electron chi connectivity index (χ2n) is 9.96. The summed E-state index contributed by atoms with van der Waals surface area (Å²) in [4.78, 5) is 38.4. The Balaban J connectivity index is 1.34. The van der Waals surface area contributed by atoms with Gasteiger partial charge in [-0.25, -0.2) is 4.98 Å². The largest absolute Gasteiger partial charge is 0.396 e. The van der Waals surface area contributed by atoms with Crippen molar-refractivity contribution in [1.82, 2.24) is 24.8 Å². The van der Waals surface area contributed by atoms with Gasteiger partial charge in [-0.3, -0.25) is 15.0 Å². The molecule has 4 heterocycles. The molecule has 1 amide bonds. The quantitative estimate of drug-likeness (QED) is 0.293. The monoisotopic (exact) mass is 587 g/mol. The van der Waals surface area contributed by atoms with Gasteiger partial charge in [0.05, 0.1) is 23.5 Å². The van der Waals surface area contributed by atoms with Crippen molar-refractivity contribution in [2.75, 3.05) is 79.5 Å². The summed E-state index contributed by atoms with van der Waals surface area (Å²) in [6, 6.07) is 5.46. The van der Waals surface area contributed by atoms with E-state index < -0.39 is 0 Å². The third kappa shape index (κ3) is 6.78. The zero-order chi connectivity index (χ0) is 28.1. The molecule has 4 N–H and O–H groups in total. The van der Waals surface area contributed by atoms with E-state index in [-0.39, 0.29) is 19.1 Å². The van der Waals surface area contributed by atoms with Gasteiger partial charge in [-0.15, -0.1) is 0 Å². The fraction of sp³-hybridized carbons (Fsp3) is 0.500. The number of carbonyl (C=O) groups excluding carboxylic acids is 1. The molecule has 214 valence electrons. The standard InChI is InChI=1S/C26H34ClN9O3S/c1-17-3-2-4-19(27)21(17)29-22(39)20-15-28-26(40-20)32-23-30-24(35-7-5-18(16-38)6-8-35)33-25(31-23)36-11-9-34(10-12-36)13-14-37/h2-4,15,18,37-38H,5-14,16H2,1H3,(H,29,39)(H,28,30,31,32,33). The van der Waals surface area contributed by atoms with Crippen LogP contribution in [0.5, 0.6) is 0 Å². The topological polar surface area (TPSA) is 143 Å². The summed E-state index contributed by atoms with van der Waals surface area (Å²) in [7, 11) is 0. The molecule has 0 atom stereocenters. The predicted octanol–water partition coefficient (Wildman–Crippen LogP) is 2.61. The number of aromatic nitrogens is 4. The number of thiazole rings is 1. The molecular formula is C26H34ClN9O3S. The van der Waals surface area contributed by atoms with Crippen LogP contribution in [0.1, 0.15) is 28.1 Å². The van der Waals surface area contributed by atoms with Gasteiger partial charge in [-0.1, -0.05) is 35.1 Å². The molecule has 0 unspecified atom stereocenters. The Kier molecular flexibility index (Phi) is 9.27. The van der Waals surface area contributed by atoms with Gasteiger partial charge in [0.2, 0.25) is 17.8 Å². The SMILES string of the molecule is Cc1cccc(Cl)c1NC(=O)c1cnc(Nc2nc(N3CCC(CO)CC3)nc(N3CCN(CCO)CC3)n2)s1. The highest BCUT2D eigenvalue weighted by Crippen LogP contribution is 2.29. The second-order valence-corrected chi connectivity index (χ2v) is 11.4. The number of halogens is 1. The number of amides is 1. The number of β-amino-alcohol motifs (C(OH)–C–C–N with tert-alkyl or cyclic N) is 1. The maximum absolute atomic E-state index is 12.9. The average molecular weight is 588 g/mol. The van der Waals surface area contributed by atoms with Crippen LogP contribution in [0.2, 0.25) is 5.02 Å². The Morgan fingerprint density at radius 1 is 1.05 bits per heavy atom. The minimum Gasteiger partial charge on any atom is -0.396 e. The lowest BCUT2D eigenvalue weighted by Gasteiger charge is -2.35. The lowest BCUT2D eigenvalue weighted by molar-refractivity contribution is 0.103. The van der Waals surface area contributed by atoms with Crippen molar-refractivity contribution in [3.05, 3.63) is 39.9 Å². The summed E-state index contributed by atoms with van der Waals surface area (Å²) >= 11 is 7.47. The van der Waals surface area contributed by atoms with Crippen LogP contribution < -0.4 is 20.4 Å². The van der Waals surface area contributed by atoms with Crippen molar-refractivity contribution in [3.8, 4) is 0 Å². The molecule has 0 spiro atoms. The van der Waals surface area contributed by atoms with Crippen LogP contribution in [0, 0.1) is 12.8 Å². The number of carbonyl (C=O) groups is 1. The van der Waals surface area contributed by atoms with E-state index in [1.54, 1.807) is 6.07 Å². The number of hydrogen-bond donors (Lipinski definition) is 4. The van der Waals surface area contributed by atoms with Gasteiger partial charge in [0, 0.05) is 52.4 Å². The van der Waals surface area contributed by atoms with Crippen LogP contribution in [-0.4, -0.2) is 100.0 Å². The molecule has 1 aromatic carbocycles. The molecule has 12 nitrogen and oxygen atoms in total. The molecule has 40 heavy (non-hydrogen) atoms. The highest BCUT2D eigenvalue weighted by Gasteiger charge is 2.25. The smallest absolute Gasteiger partial charge is 0.267 e. The number of aliphatic hydroxyl groups excluding tert-OH is 2. The van der Waals surface area contributed by atoms with Crippen molar-refractivity contribution >= 4 is 57.5 Å². The molecule has 2 aliphatic rings. The van der Waals surface area contributed by atoms with Gasteiger partial charge in [-0.2, -0.15) is 15.0 Å². The van der Waals surface area contributed by atoms with E-state index >= 15 is 0 Å². The number of benzene rings is 1. The molecule has 2 saturated heterocycles. The summed E-state index contributed by atoms with van der Waals surface area (Å²) in [5, 5.41) is 25.8. The minimum absolute atomic E-state index is 0.138. The number of nitrogens with zero attached hydrogens (tertiary/aromatic N) is 7. The summed E-state index contributed by atoms with van der Waals surface area (Å²) in [5.41, 5.74) is 1.45. The number of piperidine rings is 1. The van der Waals surface area contributed by atoms with E-state index in [4.69, 9.17) is 26.6 Å². The number of aryl methyl sites for hydroxylation is 1. The molecular weight excluding hydrogens is 554 g/mol. The maximum Gasteiger partial charge on any atom is 0.267 e. The van der Waals surface area contributed by atoms with E-state index in [1.165, 1.54) is 17.5 Å². The van der Waals surface area contributed by atoms with Gasteiger partial charge in [0.1, 0.15) is 4.88 Å². The number of anilines is 5. The van der Waals surface area contributed by atoms with Crippen LogP contribution in [0.3, 0.4) is 0 Å². The molecule has 14 heteroatoms. The number of para-hydroxylation sites is 1. The number of aliphatic hydroxyl groups is 2.